The molecular weight excluding hydrogens is 467 g/mol. The lowest BCUT2D eigenvalue weighted by Gasteiger charge is -2.39. The van der Waals surface area contributed by atoms with Crippen LogP contribution in [0.3, 0.4) is 0 Å². The Bertz CT molecular complexity index is 1130. The smallest absolute Gasteiger partial charge is 0.263 e. The van der Waals surface area contributed by atoms with E-state index in [0.717, 1.165) is 5.56 Å². The van der Waals surface area contributed by atoms with Crippen molar-refractivity contribution in [3.05, 3.63) is 99.5 Å². The van der Waals surface area contributed by atoms with Crippen molar-refractivity contribution in [1.82, 2.24) is 5.32 Å². The van der Waals surface area contributed by atoms with Crippen LogP contribution in [-0.4, -0.2) is 17.6 Å². The van der Waals surface area contributed by atoms with Gasteiger partial charge in [0, 0.05) is 27.1 Å². The van der Waals surface area contributed by atoms with Crippen LogP contribution in [0.2, 0.25) is 10.0 Å². The van der Waals surface area contributed by atoms with Crippen molar-refractivity contribution in [2.45, 2.75) is 44.8 Å². The third-order valence-electron chi connectivity index (χ3n) is 5.88. The van der Waals surface area contributed by atoms with Crippen LogP contribution in [0.1, 0.15) is 38.8 Å². The molecule has 2 unspecified atom stereocenters. The minimum atomic E-state index is -1.27. The Morgan fingerprint density at radius 1 is 0.909 bits per heavy atom. The van der Waals surface area contributed by atoms with Crippen molar-refractivity contribution >= 4 is 29.1 Å². The highest BCUT2D eigenvalue weighted by atomic mass is 35.5. The normalized spacial score (nSPS) is 14.3. The molecular formula is C26H25Cl2F2NO2. The van der Waals surface area contributed by atoms with E-state index in [1.807, 2.05) is 6.92 Å². The van der Waals surface area contributed by atoms with Crippen molar-refractivity contribution < 1.29 is 18.3 Å². The molecule has 174 valence electrons. The van der Waals surface area contributed by atoms with Crippen LogP contribution >= 0.6 is 23.2 Å². The van der Waals surface area contributed by atoms with E-state index in [2.05, 4.69) is 5.32 Å². The molecule has 0 aromatic heterocycles. The Kier molecular flexibility index (Phi) is 7.35. The third-order valence-corrected chi connectivity index (χ3v) is 6.37. The van der Waals surface area contributed by atoms with Gasteiger partial charge in [-0.2, -0.15) is 0 Å². The van der Waals surface area contributed by atoms with Gasteiger partial charge in [-0.15, -0.1) is 0 Å². The summed E-state index contributed by atoms with van der Waals surface area (Å²) in [6, 6.07) is 16.4. The lowest BCUT2D eigenvalue weighted by atomic mass is 9.70. The van der Waals surface area contributed by atoms with E-state index in [1.54, 1.807) is 57.2 Å². The van der Waals surface area contributed by atoms with E-state index in [1.165, 1.54) is 30.3 Å². The number of carbonyl (C=O) groups excluding carboxylic acids is 1. The summed E-state index contributed by atoms with van der Waals surface area (Å²) in [4.78, 5) is 13.2. The Morgan fingerprint density at radius 2 is 1.48 bits per heavy atom. The van der Waals surface area contributed by atoms with Crippen LogP contribution in [-0.2, 0) is 10.2 Å². The molecule has 3 aromatic carbocycles. The minimum Gasteiger partial charge on any atom is -0.478 e. The average Bonchev–Trinajstić information content (AvgIpc) is 2.75. The zero-order valence-corrected chi connectivity index (χ0v) is 20.3. The predicted molar refractivity (Wildman–Crippen MR) is 128 cm³/mol. The molecule has 0 heterocycles. The average molecular weight is 492 g/mol. The second kappa shape index (κ2) is 9.70. The Morgan fingerprint density at radius 3 is 2.06 bits per heavy atom. The van der Waals surface area contributed by atoms with Crippen molar-refractivity contribution in [2.75, 3.05) is 0 Å². The number of ether oxygens (including phenoxy) is 1. The van der Waals surface area contributed by atoms with Gasteiger partial charge in [-0.05, 0) is 81.8 Å². The van der Waals surface area contributed by atoms with Gasteiger partial charge in [-0.1, -0.05) is 41.4 Å². The molecule has 0 aliphatic rings. The van der Waals surface area contributed by atoms with Gasteiger partial charge in [0.25, 0.3) is 5.91 Å². The molecule has 3 nitrogen and oxygen atoms in total. The van der Waals surface area contributed by atoms with Gasteiger partial charge in [-0.3, -0.25) is 4.79 Å². The molecule has 3 aromatic rings. The highest BCUT2D eigenvalue weighted by molar-refractivity contribution is 6.30. The number of benzene rings is 3. The van der Waals surface area contributed by atoms with E-state index in [4.69, 9.17) is 27.9 Å². The monoisotopic (exact) mass is 491 g/mol. The molecule has 1 N–H and O–H groups in total. The second-order valence-corrected chi connectivity index (χ2v) is 9.47. The summed E-state index contributed by atoms with van der Waals surface area (Å²) in [5.74, 6) is -0.938. The van der Waals surface area contributed by atoms with E-state index in [0.29, 0.717) is 16.3 Å². The summed E-state index contributed by atoms with van der Waals surface area (Å²) in [6.45, 7) is 6.87. The van der Waals surface area contributed by atoms with Gasteiger partial charge < -0.3 is 10.1 Å². The zero-order chi connectivity index (χ0) is 24.4. The number of amides is 1. The van der Waals surface area contributed by atoms with Gasteiger partial charge in [-0.25, -0.2) is 8.78 Å². The predicted octanol–water partition coefficient (Wildman–Crippen LogP) is 6.94. The molecule has 7 heteroatoms. The van der Waals surface area contributed by atoms with Crippen LogP contribution in [0.4, 0.5) is 8.78 Å². The van der Waals surface area contributed by atoms with Crippen molar-refractivity contribution in [3.8, 4) is 5.75 Å². The van der Waals surface area contributed by atoms with E-state index >= 15 is 4.39 Å². The summed E-state index contributed by atoms with van der Waals surface area (Å²) < 4.78 is 34.1. The Labute approximate surface area is 202 Å². The molecule has 0 aliphatic heterocycles. The lowest BCUT2D eigenvalue weighted by Crippen LogP contribution is -2.55. The van der Waals surface area contributed by atoms with Gasteiger partial charge in [0.15, 0.2) is 5.60 Å². The fourth-order valence-electron chi connectivity index (χ4n) is 3.70. The minimum absolute atomic E-state index is 0.278. The van der Waals surface area contributed by atoms with Crippen molar-refractivity contribution in [2.24, 2.45) is 0 Å². The summed E-state index contributed by atoms with van der Waals surface area (Å²) in [5, 5.41) is 3.80. The van der Waals surface area contributed by atoms with Crippen molar-refractivity contribution in [3.63, 3.8) is 0 Å². The van der Waals surface area contributed by atoms with Gasteiger partial charge >= 0.3 is 0 Å². The second-order valence-electron chi connectivity index (χ2n) is 8.59. The van der Waals surface area contributed by atoms with E-state index < -0.39 is 34.6 Å². The number of carbonyl (C=O) groups is 1. The van der Waals surface area contributed by atoms with Gasteiger partial charge in [0.2, 0.25) is 0 Å². The maximum atomic E-state index is 15.1. The largest absolute Gasteiger partial charge is 0.478 e. The first-order chi connectivity index (χ1) is 15.4. The van der Waals surface area contributed by atoms with E-state index in [9.17, 15) is 9.18 Å². The summed E-state index contributed by atoms with van der Waals surface area (Å²) >= 11 is 12.0. The maximum absolute atomic E-state index is 15.1. The molecule has 0 bridgehead atoms. The molecule has 0 fully saturated rings. The van der Waals surface area contributed by atoms with Crippen LogP contribution in [0.15, 0.2) is 66.7 Å². The summed E-state index contributed by atoms with van der Waals surface area (Å²) in [7, 11) is 0. The lowest BCUT2D eigenvalue weighted by molar-refractivity contribution is -0.135. The van der Waals surface area contributed by atoms with E-state index in [-0.39, 0.29) is 5.02 Å². The Hall–Kier alpha value is -2.63. The quantitative estimate of drug-likeness (QED) is 0.388. The zero-order valence-electron chi connectivity index (χ0n) is 18.8. The summed E-state index contributed by atoms with van der Waals surface area (Å²) in [5.41, 5.74) is -1.09. The maximum Gasteiger partial charge on any atom is 0.263 e. The first-order valence-corrected chi connectivity index (χ1v) is 11.2. The number of nitrogens with one attached hydrogen (secondary N) is 1. The Balaban J connectivity index is 1.94. The standard InChI is InChI=1S/C26H25Cl2F2NO2/c1-16(31-24(32)25(2,3)33-21-12-10-20(29)11-13-21)26(4,17-5-7-18(27)8-6-17)22-14-9-19(28)15-23(22)30/h5-16H,1-4H3,(H,31,32). The fraction of sp³-hybridized carbons (Fsp3) is 0.269. The SMILES string of the molecule is CC(NC(=O)C(C)(C)Oc1ccc(F)cc1)C(C)(c1ccc(Cl)cc1)c1ccc(Cl)cc1F. The van der Waals surface area contributed by atoms with Crippen LogP contribution in [0.25, 0.3) is 0 Å². The van der Waals surface area contributed by atoms with Crippen molar-refractivity contribution in [1.29, 1.82) is 0 Å². The molecule has 0 saturated carbocycles. The van der Waals surface area contributed by atoms with Crippen LogP contribution in [0.5, 0.6) is 5.75 Å². The topological polar surface area (TPSA) is 38.3 Å². The first-order valence-electron chi connectivity index (χ1n) is 10.4. The molecule has 0 spiro atoms. The number of rotatable bonds is 7. The molecule has 2 atom stereocenters. The molecule has 1 amide bonds. The first kappa shape index (κ1) is 25.0. The van der Waals surface area contributed by atoms with Crippen LogP contribution < -0.4 is 10.1 Å². The fourth-order valence-corrected chi connectivity index (χ4v) is 3.99. The third kappa shape index (κ3) is 5.48. The highest BCUT2D eigenvalue weighted by Gasteiger charge is 2.41. The molecule has 0 saturated heterocycles. The highest BCUT2D eigenvalue weighted by Crippen LogP contribution is 2.38. The van der Waals surface area contributed by atoms with Gasteiger partial charge in [0.1, 0.15) is 17.4 Å². The van der Waals surface area contributed by atoms with Gasteiger partial charge in [0.05, 0.1) is 0 Å². The number of hydrogen-bond acceptors (Lipinski definition) is 2. The molecule has 0 aliphatic carbocycles. The summed E-state index contributed by atoms with van der Waals surface area (Å²) in [6.07, 6.45) is 0. The molecule has 33 heavy (non-hydrogen) atoms. The molecule has 0 radical (unpaired) electrons. The number of hydrogen-bond donors (Lipinski definition) is 1. The molecule has 3 rings (SSSR count). The van der Waals surface area contributed by atoms with Crippen LogP contribution in [0, 0.1) is 11.6 Å². The number of halogens is 4.